The molecule has 0 unspecified atom stereocenters. The van der Waals surface area contributed by atoms with E-state index in [0.717, 1.165) is 0 Å². The fraction of sp³-hybridized carbons (Fsp3) is 0.250. The first-order valence-corrected chi connectivity index (χ1v) is 14.1. The van der Waals surface area contributed by atoms with Gasteiger partial charge in [0, 0.05) is 60.1 Å². The Hall–Kier alpha value is -5.52. The summed E-state index contributed by atoms with van der Waals surface area (Å²) in [5.41, 5.74) is 9.15. The number of carbonyl (C=O) groups is 5. The van der Waals surface area contributed by atoms with E-state index in [9.17, 15) is 29.1 Å². The molecule has 0 radical (unpaired) electrons. The molecule has 1 fully saturated rings. The van der Waals surface area contributed by atoms with Crippen LogP contribution in [0.15, 0.2) is 59.0 Å². The van der Waals surface area contributed by atoms with Crippen molar-refractivity contribution in [3.63, 3.8) is 0 Å². The van der Waals surface area contributed by atoms with Gasteiger partial charge in [0.1, 0.15) is 11.3 Å². The third-order valence-corrected chi connectivity index (χ3v) is 7.27. The van der Waals surface area contributed by atoms with Crippen molar-refractivity contribution < 1.29 is 38.3 Å². The van der Waals surface area contributed by atoms with Gasteiger partial charge in [0.25, 0.3) is 11.8 Å². The van der Waals surface area contributed by atoms with E-state index in [1.807, 2.05) is 0 Å². The maximum Gasteiger partial charge on any atom is 0.336 e. The summed E-state index contributed by atoms with van der Waals surface area (Å²) in [7, 11) is 0. The molecule has 1 aliphatic carbocycles. The van der Waals surface area contributed by atoms with Gasteiger partial charge < -0.3 is 30.8 Å². The molecule has 3 amide bonds. The summed E-state index contributed by atoms with van der Waals surface area (Å²) in [6, 6.07) is 14.7. The van der Waals surface area contributed by atoms with Crippen molar-refractivity contribution in [1.29, 1.82) is 5.41 Å². The van der Waals surface area contributed by atoms with Gasteiger partial charge in [-0.2, -0.15) is 0 Å². The number of nitrogens with two attached hydrogens (primary N) is 1. The van der Waals surface area contributed by atoms with Crippen molar-refractivity contribution >= 4 is 46.3 Å². The number of hydrogen-bond acceptors (Lipinski definition) is 9. The zero-order valence-electron chi connectivity index (χ0n) is 23.7. The summed E-state index contributed by atoms with van der Waals surface area (Å²) in [6.45, 7) is 0.364. The second-order valence-electron chi connectivity index (χ2n) is 10.5. The van der Waals surface area contributed by atoms with Crippen LogP contribution < -0.4 is 16.4 Å². The minimum atomic E-state index is -1.13. The molecule has 5 rings (SSSR count). The molecule has 44 heavy (non-hydrogen) atoms. The molecule has 0 atom stereocenters. The number of fused-ring (bicyclic) bond motifs is 2. The molecule has 0 aromatic heterocycles. The smallest absolute Gasteiger partial charge is 0.336 e. The molecule has 3 aliphatic rings. The number of hydrogen-bond donors (Lipinski definition) is 4. The lowest BCUT2D eigenvalue weighted by molar-refractivity contribution is -0.197. The van der Waals surface area contributed by atoms with Crippen molar-refractivity contribution in [2.24, 2.45) is 0 Å². The first-order valence-electron chi connectivity index (χ1n) is 14.1. The Morgan fingerprint density at radius 3 is 2.48 bits per heavy atom. The molecule has 2 aromatic rings. The number of hydroxylamine groups is 2. The molecule has 226 valence electrons. The van der Waals surface area contributed by atoms with E-state index in [1.165, 1.54) is 6.07 Å². The molecule has 5 N–H and O–H groups in total. The zero-order chi connectivity index (χ0) is 31.4. The number of rotatable bonds is 11. The summed E-state index contributed by atoms with van der Waals surface area (Å²) in [5.74, 6) is -2.69. The van der Waals surface area contributed by atoms with Crippen LogP contribution in [-0.2, 0) is 30.4 Å². The van der Waals surface area contributed by atoms with Crippen LogP contribution in [0.2, 0.25) is 0 Å². The quantitative estimate of drug-likeness (QED) is 0.0860. The van der Waals surface area contributed by atoms with Crippen molar-refractivity contribution in [1.82, 2.24) is 10.4 Å². The van der Waals surface area contributed by atoms with Gasteiger partial charge in [0.05, 0.1) is 17.3 Å². The van der Waals surface area contributed by atoms with Crippen molar-refractivity contribution in [3.8, 4) is 22.5 Å². The fourth-order valence-corrected chi connectivity index (χ4v) is 5.14. The number of carboxylic acids is 1. The SMILES string of the molecule is N=c1ccc2c(-c3cc(CC(=O)NCCCCCC(=O)ON4C(=O)CCC4=O)ccc3C(=O)O)c3ccc(N)cc3oc-2c1. The number of carbonyl (C=O) groups excluding carboxylic acids is 4. The van der Waals surface area contributed by atoms with E-state index in [2.05, 4.69) is 5.32 Å². The number of unbranched alkanes of at least 4 members (excludes halogenated alkanes) is 2. The number of anilines is 1. The zero-order valence-corrected chi connectivity index (χ0v) is 23.7. The van der Waals surface area contributed by atoms with Crippen LogP contribution in [-0.4, -0.2) is 46.4 Å². The Bertz CT molecular complexity index is 1810. The molecule has 0 spiro atoms. The number of aromatic carboxylic acids is 1. The standard InChI is InChI=1S/C32H30N4O8/c33-19-6-9-22-25(16-19)43-26-17-20(34)7-10-23(26)31(22)24-14-18(5-8-21(24)32(41)42)15-27(37)35-13-3-1-2-4-30(40)44-36-28(38)11-12-29(36)39/h5-10,14,16-17,33H,1-4,11-13,15,34H2,(H,35,37)(H,41,42). The van der Waals surface area contributed by atoms with Crippen LogP contribution in [0, 0.1) is 5.41 Å². The highest BCUT2D eigenvalue weighted by atomic mass is 16.7. The molecular formula is C32H30N4O8. The predicted molar refractivity (Wildman–Crippen MR) is 158 cm³/mol. The van der Waals surface area contributed by atoms with Crippen LogP contribution in [0.5, 0.6) is 0 Å². The van der Waals surface area contributed by atoms with Crippen LogP contribution in [0.25, 0.3) is 33.4 Å². The highest BCUT2D eigenvalue weighted by Crippen LogP contribution is 2.42. The Kier molecular flexibility index (Phi) is 8.70. The normalized spacial score (nSPS) is 13.0. The molecule has 1 saturated heterocycles. The van der Waals surface area contributed by atoms with Gasteiger partial charge in [-0.15, -0.1) is 5.06 Å². The average molecular weight is 599 g/mol. The Morgan fingerprint density at radius 2 is 1.73 bits per heavy atom. The van der Waals surface area contributed by atoms with E-state index in [0.29, 0.717) is 75.5 Å². The van der Waals surface area contributed by atoms with Gasteiger partial charge in [-0.25, -0.2) is 9.59 Å². The summed E-state index contributed by atoms with van der Waals surface area (Å²) in [5, 5.41) is 22.3. The van der Waals surface area contributed by atoms with Gasteiger partial charge >= 0.3 is 11.9 Å². The summed E-state index contributed by atoms with van der Waals surface area (Å²) >= 11 is 0. The average Bonchev–Trinajstić information content (AvgIpc) is 3.29. The molecule has 0 bridgehead atoms. The molecule has 12 nitrogen and oxygen atoms in total. The van der Waals surface area contributed by atoms with Crippen molar-refractivity contribution in [2.45, 2.75) is 44.9 Å². The monoisotopic (exact) mass is 598 g/mol. The Morgan fingerprint density at radius 1 is 0.955 bits per heavy atom. The molecular weight excluding hydrogens is 568 g/mol. The summed E-state index contributed by atoms with van der Waals surface area (Å²) in [6.07, 6.45) is 1.79. The maximum atomic E-state index is 12.8. The van der Waals surface area contributed by atoms with Crippen LogP contribution in [0.1, 0.15) is 54.4 Å². The summed E-state index contributed by atoms with van der Waals surface area (Å²) in [4.78, 5) is 64.9. The Balaban J connectivity index is 1.25. The molecule has 2 aromatic carbocycles. The van der Waals surface area contributed by atoms with Gasteiger partial charge in [-0.05, 0) is 60.4 Å². The number of nitrogens with one attached hydrogen (secondary N) is 2. The van der Waals surface area contributed by atoms with E-state index in [1.54, 1.807) is 48.5 Å². The third kappa shape index (κ3) is 6.59. The first kappa shape index (κ1) is 30.0. The minimum Gasteiger partial charge on any atom is -0.478 e. The van der Waals surface area contributed by atoms with Crippen LogP contribution in [0.3, 0.4) is 0 Å². The lowest BCUT2D eigenvalue weighted by Crippen LogP contribution is -2.32. The number of nitrogens with zero attached hydrogens (tertiary/aromatic N) is 1. The van der Waals surface area contributed by atoms with Crippen molar-refractivity contribution in [3.05, 3.63) is 71.1 Å². The van der Waals surface area contributed by atoms with E-state index in [4.69, 9.17) is 20.4 Å². The highest BCUT2D eigenvalue weighted by Gasteiger charge is 2.32. The Labute approximate surface area is 251 Å². The lowest BCUT2D eigenvalue weighted by atomic mass is 9.89. The first-order chi connectivity index (χ1) is 21.1. The number of imide groups is 1. The maximum absolute atomic E-state index is 12.8. The third-order valence-electron chi connectivity index (χ3n) is 7.27. The van der Waals surface area contributed by atoms with Gasteiger partial charge in [0.15, 0.2) is 0 Å². The van der Waals surface area contributed by atoms with E-state index < -0.39 is 23.8 Å². The van der Waals surface area contributed by atoms with Gasteiger partial charge in [0.2, 0.25) is 5.91 Å². The number of benzene rings is 3. The number of carboxylic acid groups (broad SMARTS) is 1. The second kappa shape index (κ2) is 12.8. The molecule has 12 heteroatoms. The second-order valence-corrected chi connectivity index (χ2v) is 10.5. The molecule has 2 heterocycles. The lowest BCUT2D eigenvalue weighted by Gasteiger charge is -2.18. The molecule has 0 saturated carbocycles. The minimum absolute atomic E-state index is 0.00794. The topological polar surface area (TPSA) is 193 Å². The van der Waals surface area contributed by atoms with Gasteiger partial charge in [-0.3, -0.25) is 14.4 Å². The van der Waals surface area contributed by atoms with Gasteiger partial charge in [-0.1, -0.05) is 12.5 Å². The number of nitrogen functional groups attached to an aromatic ring is 1. The largest absolute Gasteiger partial charge is 0.478 e. The van der Waals surface area contributed by atoms with E-state index >= 15 is 0 Å². The van der Waals surface area contributed by atoms with E-state index in [-0.39, 0.29) is 42.5 Å². The van der Waals surface area contributed by atoms with Crippen LogP contribution in [0.4, 0.5) is 5.69 Å². The summed E-state index contributed by atoms with van der Waals surface area (Å²) < 4.78 is 6.02. The van der Waals surface area contributed by atoms with Crippen molar-refractivity contribution in [2.75, 3.05) is 12.3 Å². The number of amides is 3. The van der Waals surface area contributed by atoms with Crippen LogP contribution >= 0.6 is 0 Å². The fourth-order valence-electron chi connectivity index (χ4n) is 5.14. The predicted octanol–water partition coefficient (Wildman–Crippen LogP) is 3.79. The molecule has 2 aliphatic heterocycles. The highest BCUT2D eigenvalue weighted by molar-refractivity contribution is 6.08.